The standard InChI is InChI=1S/C21H27N3O4/c1-15(25)14-18(9-5-8-16-6-3-2-4-7-16)21-22-20(23-28-21)17-10-12-19(13-11-17)24(26)27/h10-13,16,18H,2-9,14H2,1H3. The number of non-ortho nitro benzene ring substituents is 1. The molecule has 150 valence electrons. The smallest absolute Gasteiger partial charge is 0.269 e. The lowest BCUT2D eigenvalue weighted by molar-refractivity contribution is -0.384. The second kappa shape index (κ2) is 9.57. The molecule has 0 aliphatic heterocycles. The average molecular weight is 385 g/mol. The summed E-state index contributed by atoms with van der Waals surface area (Å²) in [4.78, 5) is 26.5. The quantitative estimate of drug-likeness (QED) is 0.420. The van der Waals surface area contributed by atoms with Crippen molar-refractivity contribution in [1.82, 2.24) is 10.1 Å². The monoisotopic (exact) mass is 385 g/mol. The van der Waals surface area contributed by atoms with Gasteiger partial charge in [0.15, 0.2) is 0 Å². The molecular weight excluding hydrogens is 358 g/mol. The number of nitro benzene ring substituents is 1. The molecule has 0 bridgehead atoms. The number of carbonyl (C=O) groups is 1. The van der Waals surface area contributed by atoms with Crippen LogP contribution < -0.4 is 0 Å². The van der Waals surface area contributed by atoms with Crippen LogP contribution in [-0.2, 0) is 4.79 Å². The largest absolute Gasteiger partial charge is 0.339 e. The van der Waals surface area contributed by atoms with Crippen molar-refractivity contribution < 1.29 is 14.2 Å². The number of benzene rings is 1. The molecule has 1 aromatic carbocycles. The van der Waals surface area contributed by atoms with Gasteiger partial charge in [-0.15, -0.1) is 0 Å². The van der Waals surface area contributed by atoms with Gasteiger partial charge in [0.25, 0.3) is 5.69 Å². The van der Waals surface area contributed by atoms with E-state index in [0.717, 1.165) is 18.8 Å². The Hall–Kier alpha value is -2.57. The van der Waals surface area contributed by atoms with Gasteiger partial charge in [-0.2, -0.15) is 4.98 Å². The van der Waals surface area contributed by atoms with Gasteiger partial charge in [0.2, 0.25) is 11.7 Å². The number of carbonyl (C=O) groups excluding carboxylic acids is 1. The molecule has 1 atom stereocenters. The fraction of sp³-hybridized carbons (Fsp3) is 0.571. The van der Waals surface area contributed by atoms with Crippen LogP contribution in [0.5, 0.6) is 0 Å². The summed E-state index contributed by atoms with van der Waals surface area (Å²) in [5.41, 5.74) is 0.675. The van der Waals surface area contributed by atoms with E-state index < -0.39 is 4.92 Å². The van der Waals surface area contributed by atoms with E-state index in [1.165, 1.54) is 50.7 Å². The molecule has 28 heavy (non-hydrogen) atoms. The van der Waals surface area contributed by atoms with E-state index in [9.17, 15) is 14.9 Å². The highest BCUT2D eigenvalue weighted by molar-refractivity contribution is 5.76. The third-order valence-corrected chi connectivity index (χ3v) is 5.55. The number of hydrogen-bond donors (Lipinski definition) is 0. The first kappa shape index (κ1) is 20.2. The molecule has 3 rings (SSSR count). The number of ketones is 1. The van der Waals surface area contributed by atoms with Gasteiger partial charge >= 0.3 is 0 Å². The van der Waals surface area contributed by atoms with Crippen LogP contribution in [0, 0.1) is 16.0 Å². The molecule has 1 aliphatic carbocycles. The Balaban J connectivity index is 1.65. The summed E-state index contributed by atoms with van der Waals surface area (Å²) in [6, 6.07) is 6.05. The van der Waals surface area contributed by atoms with Crippen molar-refractivity contribution in [3.8, 4) is 11.4 Å². The fourth-order valence-corrected chi connectivity index (χ4v) is 4.04. The van der Waals surface area contributed by atoms with E-state index in [-0.39, 0.29) is 17.4 Å². The van der Waals surface area contributed by atoms with Gasteiger partial charge in [0.05, 0.1) is 4.92 Å². The van der Waals surface area contributed by atoms with Gasteiger partial charge in [-0.3, -0.25) is 10.1 Å². The summed E-state index contributed by atoms with van der Waals surface area (Å²) in [6.07, 6.45) is 10.2. The molecule has 0 saturated heterocycles. The first-order valence-electron chi connectivity index (χ1n) is 10.1. The Kier molecular flexibility index (Phi) is 6.90. The van der Waals surface area contributed by atoms with E-state index in [2.05, 4.69) is 10.1 Å². The van der Waals surface area contributed by atoms with Crippen molar-refractivity contribution in [2.75, 3.05) is 0 Å². The lowest BCUT2D eigenvalue weighted by Gasteiger charge is -2.22. The molecule has 1 unspecified atom stereocenters. The first-order valence-corrected chi connectivity index (χ1v) is 10.1. The third kappa shape index (κ3) is 5.47. The van der Waals surface area contributed by atoms with Crippen LogP contribution >= 0.6 is 0 Å². The molecule has 1 saturated carbocycles. The summed E-state index contributed by atoms with van der Waals surface area (Å²) in [5.74, 6) is 1.72. The molecule has 1 fully saturated rings. The highest BCUT2D eigenvalue weighted by Gasteiger charge is 2.22. The predicted molar refractivity (Wildman–Crippen MR) is 105 cm³/mol. The van der Waals surface area contributed by atoms with Crippen molar-refractivity contribution >= 4 is 11.5 Å². The lowest BCUT2D eigenvalue weighted by atomic mass is 9.84. The minimum absolute atomic E-state index is 0.0182. The number of nitro groups is 1. The average Bonchev–Trinajstić information content (AvgIpc) is 3.18. The predicted octanol–water partition coefficient (Wildman–Crippen LogP) is 5.46. The molecule has 0 N–H and O–H groups in total. The zero-order valence-corrected chi connectivity index (χ0v) is 16.3. The topological polar surface area (TPSA) is 99.1 Å². The number of rotatable bonds is 9. The number of aromatic nitrogens is 2. The van der Waals surface area contributed by atoms with E-state index >= 15 is 0 Å². The van der Waals surface area contributed by atoms with Crippen LogP contribution in [-0.4, -0.2) is 20.8 Å². The summed E-state index contributed by atoms with van der Waals surface area (Å²) < 4.78 is 5.46. The number of nitrogens with zero attached hydrogens (tertiary/aromatic N) is 3. The lowest BCUT2D eigenvalue weighted by Crippen LogP contribution is -2.09. The minimum atomic E-state index is -0.444. The van der Waals surface area contributed by atoms with E-state index in [1.54, 1.807) is 19.1 Å². The summed E-state index contributed by atoms with van der Waals surface area (Å²) >= 11 is 0. The van der Waals surface area contributed by atoms with Crippen LogP contribution in [0.2, 0.25) is 0 Å². The fourth-order valence-electron chi connectivity index (χ4n) is 4.04. The summed E-state index contributed by atoms with van der Waals surface area (Å²) in [7, 11) is 0. The van der Waals surface area contributed by atoms with Crippen LogP contribution in [0.3, 0.4) is 0 Å². The molecule has 7 nitrogen and oxygen atoms in total. The third-order valence-electron chi connectivity index (χ3n) is 5.55. The SMILES string of the molecule is CC(=O)CC(CCCC1CCCCC1)c1nc(-c2ccc([N+](=O)[O-])cc2)no1. The summed E-state index contributed by atoms with van der Waals surface area (Å²) in [5, 5.41) is 14.8. The minimum Gasteiger partial charge on any atom is -0.339 e. The number of hydrogen-bond acceptors (Lipinski definition) is 6. The molecular formula is C21H27N3O4. The Morgan fingerprint density at radius 1 is 1.25 bits per heavy atom. The van der Waals surface area contributed by atoms with Crippen molar-refractivity contribution in [2.24, 2.45) is 5.92 Å². The Morgan fingerprint density at radius 3 is 2.61 bits per heavy atom. The van der Waals surface area contributed by atoms with Gasteiger partial charge in [0.1, 0.15) is 5.78 Å². The van der Waals surface area contributed by atoms with Crippen LogP contribution in [0.25, 0.3) is 11.4 Å². The highest BCUT2D eigenvalue weighted by Crippen LogP contribution is 2.32. The normalized spacial score (nSPS) is 16.0. The van der Waals surface area contributed by atoms with Crippen molar-refractivity contribution in [2.45, 2.75) is 70.6 Å². The van der Waals surface area contributed by atoms with E-state index in [0.29, 0.717) is 23.7 Å². The molecule has 2 aromatic rings. The Labute approximate surface area is 164 Å². The van der Waals surface area contributed by atoms with Gasteiger partial charge in [-0.1, -0.05) is 50.1 Å². The van der Waals surface area contributed by atoms with Crippen molar-refractivity contribution in [3.05, 3.63) is 40.3 Å². The van der Waals surface area contributed by atoms with Crippen LogP contribution in [0.1, 0.15) is 76.5 Å². The highest BCUT2D eigenvalue weighted by atomic mass is 16.6. The molecule has 1 heterocycles. The Bertz CT molecular complexity index is 794. The zero-order valence-electron chi connectivity index (χ0n) is 16.3. The Morgan fingerprint density at radius 2 is 1.96 bits per heavy atom. The second-order valence-electron chi connectivity index (χ2n) is 7.80. The zero-order chi connectivity index (χ0) is 19.9. The van der Waals surface area contributed by atoms with Crippen LogP contribution in [0.15, 0.2) is 28.8 Å². The molecule has 0 spiro atoms. The molecule has 0 radical (unpaired) electrons. The molecule has 0 amide bonds. The van der Waals surface area contributed by atoms with Crippen molar-refractivity contribution in [1.29, 1.82) is 0 Å². The maximum absolute atomic E-state index is 11.7. The van der Waals surface area contributed by atoms with E-state index in [4.69, 9.17) is 4.52 Å². The maximum atomic E-state index is 11.7. The molecule has 7 heteroatoms. The van der Waals surface area contributed by atoms with Crippen molar-refractivity contribution in [3.63, 3.8) is 0 Å². The maximum Gasteiger partial charge on any atom is 0.269 e. The molecule has 1 aliphatic rings. The van der Waals surface area contributed by atoms with Gasteiger partial charge in [-0.05, 0) is 31.4 Å². The van der Waals surface area contributed by atoms with Gasteiger partial charge < -0.3 is 9.32 Å². The van der Waals surface area contributed by atoms with Crippen LogP contribution in [0.4, 0.5) is 5.69 Å². The van der Waals surface area contributed by atoms with Gasteiger partial charge in [-0.25, -0.2) is 0 Å². The van der Waals surface area contributed by atoms with Gasteiger partial charge in [0, 0.05) is 30.0 Å². The van der Waals surface area contributed by atoms with E-state index in [1.807, 2.05) is 0 Å². The number of Topliss-reactive ketones (excluding diaryl/α,β-unsaturated/α-hetero) is 1. The second-order valence-corrected chi connectivity index (χ2v) is 7.80. The first-order chi connectivity index (χ1) is 13.5. The molecule has 1 aromatic heterocycles. The summed E-state index contributed by atoms with van der Waals surface area (Å²) in [6.45, 7) is 1.59.